The molecule has 3 aromatic carbocycles. The molecule has 3 heterocycles. The van der Waals surface area contributed by atoms with Gasteiger partial charge in [0, 0.05) is 35.1 Å². The van der Waals surface area contributed by atoms with E-state index in [0.717, 1.165) is 33.3 Å². The molecule has 3 N–H and O–H groups in total. The van der Waals surface area contributed by atoms with Crippen LogP contribution in [-0.4, -0.2) is 39.7 Å². The lowest BCUT2D eigenvalue weighted by Crippen LogP contribution is -2.57. The average Bonchev–Trinajstić information content (AvgIpc) is 3.46. The number of hydrogen-bond acceptors (Lipinski definition) is 3. The van der Waals surface area contributed by atoms with Crippen LogP contribution in [0.25, 0.3) is 10.9 Å². The zero-order valence-corrected chi connectivity index (χ0v) is 21.7. The number of benzene rings is 3. The number of nitrogens with zero attached hydrogens (tertiary/aromatic N) is 1. The molecule has 7 nitrogen and oxygen atoms in total. The van der Waals surface area contributed by atoms with Gasteiger partial charge in [0.2, 0.25) is 11.8 Å². The Hall–Kier alpha value is -4.46. The Kier molecular flexibility index (Phi) is 6.17. The third-order valence-electron chi connectivity index (χ3n) is 7.78. The predicted octanol–water partition coefficient (Wildman–Crippen LogP) is 4.23. The molecule has 39 heavy (non-hydrogen) atoms. The van der Waals surface area contributed by atoms with E-state index in [1.807, 2.05) is 56.3 Å². The van der Waals surface area contributed by atoms with E-state index < -0.39 is 18.1 Å². The van der Waals surface area contributed by atoms with Crippen molar-refractivity contribution in [1.82, 2.24) is 20.5 Å². The van der Waals surface area contributed by atoms with Gasteiger partial charge in [-0.1, -0.05) is 62.4 Å². The van der Waals surface area contributed by atoms with Gasteiger partial charge in [-0.15, -0.1) is 0 Å². The Morgan fingerprint density at radius 3 is 2.51 bits per heavy atom. The smallest absolute Gasteiger partial charge is 0.255 e. The van der Waals surface area contributed by atoms with Gasteiger partial charge >= 0.3 is 0 Å². The summed E-state index contributed by atoms with van der Waals surface area (Å²) in [5.74, 6) is -1.44. The van der Waals surface area contributed by atoms with Gasteiger partial charge in [0.05, 0.1) is 6.04 Å². The summed E-state index contributed by atoms with van der Waals surface area (Å²) >= 11 is 0. The number of carbonyl (C=O) groups is 3. The third-order valence-corrected chi connectivity index (χ3v) is 7.78. The topological polar surface area (TPSA) is 94.3 Å². The van der Waals surface area contributed by atoms with Crippen LogP contribution >= 0.6 is 0 Å². The monoisotopic (exact) mass is 524 g/mol. The highest BCUT2D eigenvalue weighted by Gasteiger charge is 2.49. The molecule has 2 aliphatic rings. The normalized spacial score (nSPS) is 18.5. The highest BCUT2D eigenvalue weighted by molar-refractivity contribution is 6.04. The number of amides is 3. The van der Waals surface area contributed by atoms with Crippen LogP contribution in [0.2, 0.25) is 0 Å². The van der Waals surface area contributed by atoms with Crippen molar-refractivity contribution in [1.29, 1.82) is 0 Å². The molecule has 3 amide bonds. The summed E-state index contributed by atoms with van der Waals surface area (Å²) in [7, 11) is 0. The van der Waals surface area contributed by atoms with Crippen molar-refractivity contribution in [2.24, 2.45) is 5.92 Å². The highest BCUT2D eigenvalue weighted by atomic mass is 19.1. The molecule has 8 heteroatoms. The van der Waals surface area contributed by atoms with Gasteiger partial charge in [-0.25, -0.2) is 4.39 Å². The van der Waals surface area contributed by atoms with E-state index in [9.17, 15) is 18.8 Å². The molecular weight excluding hydrogens is 495 g/mol. The first-order valence-corrected chi connectivity index (χ1v) is 13.2. The number of aromatic amines is 1. The van der Waals surface area contributed by atoms with Crippen molar-refractivity contribution in [3.05, 3.63) is 107 Å². The minimum Gasteiger partial charge on any atom is -0.356 e. The van der Waals surface area contributed by atoms with Gasteiger partial charge in [0.15, 0.2) is 0 Å². The van der Waals surface area contributed by atoms with E-state index in [0.29, 0.717) is 12.0 Å². The number of nitrogens with one attached hydrogen (secondary N) is 3. The summed E-state index contributed by atoms with van der Waals surface area (Å²) in [6, 6.07) is 19.3. The van der Waals surface area contributed by atoms with Crippen LogP contribution in [0.3, 0.4) is 0 Å². The quantitative estimate of drug-likeness (QED) is 0.352. The lowest BCUT2D eigenvalue weighted by Gasteiger charge is -2.38. The Labute approximate surface area is 225 Å². The summed E-state index contributed by atoms with van der Waals surface area (Å²) < 4.78 is 13.2. The van der Waals surface area contributed by atoms with E-state index in [-0.39, 0.29) is 36.0 Å². The summed E-state index contributed by atoms with van der Waals surface area (Å²) in [5, 5.41) is 6.83. The maximum Gasteiger partial charge on any atom is 0.255 e. The fraction of sp³-hybridized carbons (Fsp3) is 0.258. The van der Waals surface area contributed by atoms with E-state index in [2.05, 4.69) is 15.6 Å². The van der Waals surface area contributed by atoms with Crippen LogP contribution in [0.15, 0.2) is 72.8 Å². The summed E-state index contributed by atoms with van der Waals surface area (Å²) in [5.41, 5.74) is 5.10. The molecule has 0 saturated carbocycles. The zero-order chi connectivity index (χ0) is 27.3. The van der Waals surface area contributed by atoms with Crippen molar-refractivity contribution in [3.63, 3.8) is 0 Å². The van der Waals surface area contributed by atoms with E-state index in [1.54, 1.807) is 23.1 Å². The summed E-state index contributed by atoms with van der Waals surface area (Å²) in [6.45, 7) is 3.93. The molecule has 1 aromatic heterocycles. The molecule has 2 aliphatic heterocycles. The van der Waals surface area contributed by atoms with Crippen LogP contribution in [0.1, 0.15) is 52.6 Å². The molecule has 6 rings (SSSR count). The molecule has 0 aliphatic carbocycles. The maximum atomic E-state index is 13.9. The summed E-state index contributed by atoms with van der Waals surface area (Å²) in [6.07, 6.45) is 0.337. The van der Waals surface area contributed by atoms with Crippen LogP contribution < -0.4 is 10.6 Å². The van der Waals surface area contributed by atoms with Gasteiger partial charge in [-0.05, 0) is 46.9 Å². The number of halogens is 1. The third kappa shape index (κ3) is 4.26. The number of H-pyrrole nitrogens is 1. The van der Waals surface area contributed by atoms with E-state index in [1.165, 1.54) is 12.1 Å². The maximum absolute atomic E-state index is 13.9. The second kappa shape index (κ2) is 9.69. The van der Waals surface area contributed by atoms with Crippen LogP contribution in [0.5, 0.6) is 0 Å². The molecule has 0 fully saturated rings. The highest BCUT2D eigenvalue weighted by Crippen LogP contribution is 2.46. The molecule has 198 valence electrons. The Morgan fingerprint density at radius 1 is 1.03 bits per heavy atom. The number of rotatable bonds is 6. The predicted molar refractivity (Wildman–Crippen MR) is 145 cm³/mol. The van der Waals surface area contributed by atoms with Crippen LogP contribution in [0.4, 0.5) is 4.39 Å². The largest absolute Gasteiger partial charge is 0.356 e. The van der Waals surface area contributed by atoms with Gasteiger partial charge in [-0.3, -0.25) is 14.4 Å². The minimum atomic E-state index is -0.805. The van der Waals surface area contributed by atoms with Crippen molar-refractivity contribution < 1.29 is 18.8 Å². The van der Waals surface area contributed by atoms with E-state index in [4.69, 9.17) is 0 Å². The second-order valence-corrected chi connectivity index (χ2v) is 10.6. The zero-order valence-electron chi connectivity index (χ0n) is 21.7. The van der Waals surface area contributed by atoms with Crippen molar-refractivity contribution in [2.45, 2.75) is 44.9 Å². The van der Waals surface area contributed by atoms with Crippen molar-refractivity contribution >= 4 is 28.6 Å². The SMILES string of the molecule is CC(C)[C@H](NC(=O)[C@@H]1Cc2c([nH]c3ccccc23)[C@@H]2c3ccccc3C(=O)N21)C(=O)NCc1ccc(F)cc1. The van der Waals surface area contributed by atoms with Crippen LogP contribution in [0, 0.1) is 11.7 Å². The first-order valence-electron chi connectivity index (χ1n) is 13.2. The molecular formula is C31H29FN4O3. The number of fused-ring (bicyclic) bond motifs is 7. The molecule has 3 atom stereocenters. The number of aromatic nitrogens is 1. The Morgan fingerprint density at radius 2 is 1.74 bits per heavy atom. The number of carbonyl (C=O) groups excluding carboxylic acids is 3. The first-order chi connectivity index (χ1) is 18.8. The standard InChI is InChI=1S/C31H29FN4O3/c1-17(2)26(30(38)33-16-18-11-13-19(32)14-12-18)35-29(37)25-15-23-20-7-5-6-10-24(20)34-27(23)28-21-8-3-4-9-22(21)31(39)36(25)28/h3-14,17,25-26,28,34H,15-16H2,1-2H3,(H,33,38)(H,35,37)/t25-,26-,28-/m0/s1. The van der Waals surface area contributed by atoms with Gasteiger partial charge in [0.1, 0.15) is 17.9 Å². The minimum absolute atomic E-state index is 0.193. The molecule has 0 spiro atoms. The van der Waals surface area contributed by atoms with Crippen molar-refractivity contribution in [2.75, 3.05) is 0 Å². The Balaban J connectivity index is 1.30. The average molecular weight is 525 g/mol. The summed E-state index contributed by atoms with van der Waals surface area (Å²) in [4.78, 5) is 45.9. The van der Waals surface area contributed by atoms with Gasteiger partial charge < -0.3 is 20.5 Å². The number of para-hydroxylation sites is 1. The lowest BCUT2D eigenvalue weighted by molar-refractivity contribution is -0.133. The van der Waals surface area contributed by atoms with Crippen LogP contribution in [-0.2, 0) is 22.6 Å². The molecule has 0 unspecified atom stereocenters. The molecule has 0 radical (unpaired) electrons. The second-order valence-electron chi connectivity index (χ2n) is 10.6. The Bertz CT molecular complexity index is 1590. The first kappa shape index (κ1) is 24.9. The lowest BCUT2D eigenvalue weighted by atomic mass is 9.89. The number of hydrogen-bond donors (Lipinski definition) is 3. The van der Waals surface area contributed by atoms with Crippen molar-refractivity contribution in [3.8, 4) is 0 Å². The van der Waals surface area contributed by atoms with Gasteiger partial charge in [0.25, 0.3) is 5.91 Å². The van der Waals surface area contributed by atoms with E-state index >= 15 is 0 Å². The fourth-order valence-corrected chi connectivity index (χ4v) is 5.82. The molecule has 0 saturated heterocycles. The van der Waals surface area contributed by atoms with Gasteiger partial charge in [-0.2, -0.15) is 0 Å². The fourth-order valence-electron chi connectivity index (χ4n) is 5.82. The molecule has 0 bridgehead atoms. The molecule has 4 aromatic rings.